The molecule has 0 spiro atoms. The molecule has 1 unspecified atom stereocenters. The fraction of sp³-hybridized carbons (Fsp3) is 0.160. The second kappa shape index (κ2) is 8.66. The highest BCUT2D eigenvalue weighted by Gasteiger charge is 2.24. The number of halogens is 3. The molecule has 4 aromatic rings. The first kappa shape index (κ1) is 22.8. The van der Waals surface area contributed by atoms with Gasteiger partial charge in [-0.1, -0.05) is 17.7 Å². The number of carboxylic acid groups (broad SMARTS) is 1. The Bertz CT molecular complexity index is 1560. The number of carboxylic acids is 1. The summed E-state index contributed by atoms with van der Waals surface area (Å²) in [6.45, 7) is 2.45. The minimum absolute atomic E-state index is 0.0129. The molecule has 0 aliphatic carbocycles. The molecule has 35 heavy (non-hydrogen) atoms. The van der Waals surface area contributed by atoms with Gasteiger partial charge in [-0.2, -0.15) is 0 Å². The highest BCUT2D eigenvalue weighted by Crippen LogP contribution is 2.33. The highest BCUT2D eigenvalue weighted by atomic mass is 35.5. The lowest BCUT2D eigenvalue weighted by atomic mass is 10.0. The number of pyridine rings is 1. The van der Waals surface area contributed by atoms with Gasteiger partial charge in [-0.3, -0.25) is 4.79 Å². The van der Waals surface area contributed by atoms with Crippen molar-refractivity contribution in [1.29, 1.82) is 0 Å². The van der Waals surface area contributed by atoms with Crippen molar-refractivity contribution in [3.05, 3.63) is 97.9 Å². The van der Waals surface area contributed by atoms with Gasteiger partial charge in [-0.25, -0.2) is 18.6 Å². The summed E-state index contributed by atoms with van der Waals surface area (Å²) >= 11 is 5.83. The van der Waals surface area contributed by atoms with Crippen LogP contribution in [0, 0.1) is 11.6 Å². The van der Waals surface area contributed by atoms with Crippen LogP contribution in [0.1, 0.15) is 40.1 Å². The lowest BCUT2D eigenvalue weighted by Crippen LogP contribution is -2.18. The monoisotopic (exact) mass is 497 g/mol. The van der Waals surface area contributed by atoms with Crippen molar-refractivity contribution in [2.45, 2.75) is 26.1 Å². The van der Waals surface area contributed by atoms with E-state index in [-0.39, 0.29) is 39.2 Å². The van der Waals surface area contributed by atoms with E-state index in [2.05, 4.69) is 10.3 Å². The molecule has 0 fully saturated rings. The summed E-state index contributed by atoms with van der Waals surface area (Å²) in [4.78, 5) is 30.1. The largest absolute Gasteiger partial charge is 0.476 e. The molecule has 1 aliphatic rings. The van der Waals surface area contributed by atoms with Crippen molar-refractivity contribution >= 4 is 40.1 Å². The Labute approximate surface area is 202 Å². The molecule has 10 heteroatoms. The maximum Gasteiger partial charge on any atom is 0.356 e. The average molecular weight is 498 g/mol. The molecule has 3 heterocycles. The van der Waals surface area contributed by atoms with Crippen LogP contribution in [-0.4, -0.2) is 16.1 Å². The molecule has 1 atom stereocenters. The first-order valence-corrected chi connectivity index (χ1v) is 11.0. The molecule has 0 bridgehead atoms. The van der Waals surface area contributed by atoms with Crippen LogP contribution in [0.3, 0.4) is 0 Å². The smallest absolute Gasteiger partial charge is 0.356 e. The van der Waals surface area contributed by atoms with Gasteiger partial charge < -0.3 is 19.7 Å². The first-order chi connectivity index (χ1) is 16.7. The molecule has 0 saturated heterocycles. The van der Waals surface area contributed by atoms with E-state index in [1.54, 1.807) is 17.9 Å². The minimum atomic E-state index is -1.29. The Hall–Kier alpha value is -3.98. The van der Waals surface area contributed by atoms with Crippen LogP contribution in [0.2, 0.25) is 5.15 Å². The standard InChI is InChI=1S/C25H18ClF2N3O4/c1-12(29-19-4-5-21(26)30-23(19)25(33)34)17-7-16(28)8-18-20(32)9-22(35-24(17)18)31-10-13-2-3-15(27)6-14(13)11-31/h2-9,12,29H,10-11H2,1H3,(H,33,34). The number of hydrogen-bond donors (Lipinski definition) is 2. The summed E-state index contributed by atoms with van der Waals surface area (Å²) in [6.07, 6.45) is 0. The maximum absolute atomic E-state index is 14.5. The molecule has 5 rings (SSSR count). The number of nitrogens with zero attached hydrogens (tertiary/aromatic N) is 2. The Kier molecular flexibility index (Phi) is 5.64. The predicted octanol–water partition coefficient (Wildman–Crippen LogP) is 5.51. The zero-order valence-electron chi connectivity index (χ0n) is 18.3. The van der Waals surface area contributed by atoms with Gasteiger partial charge >= 0.3 is 5.97 Å². The number of aromatic nitrogens is 1. The molecular formula is C25H18ClF2N3O4. The fourth-order valence-electron chi connectivity index (χ4n) is 4.26. The van der Waals surface area contributed by atoms with Crippen LogP contribution < -0.4 is 15.6 Å². The maximum atomic E-state index is 14.5. The molecule has 0 amide bonds. The van der Waals surface area contributed by atoms with E-state index in [0.717, 1.165) is 17.2 Å². The van der Waals surface area contributed by atoms with Crippen LogP contribution >= 0.6 is 11.6 Å². The average Bonchev–Trinajstić information content (AvgIpc) is 3.23. The van der Waals surface area contributed by atoms with Gasteiger partial charge in [0.25, 0.3) is 0 Å². The summed E-state index contributed by atoms with van der Waals surface area (Å²) in [5.74, 6) is -2.01. The van der Waals surface area contributed by atoms with Crippen molar-refractivity contribution in [2.75, 3.05) is 10.2 Å². The lowest BCUT2D eigenvalue weighted by molar-refractivity contribution is 0.0691. The molecular weight excluding hydrogens is 480 g/mol. The van der Waals surface area contributed by atoms with Gasteiger partial charge in [-0.05, 0) is 54.4 Å². The van der Waals surface area contributed by atoms with Crippen molar-refractivity contribution in [1.82, 2.24) is 4.98 Å². The third kappa shape index (κ3) is 4.30. The van der Waals surface area contributed by atoms with E-state index in [9.17, 15) is 23.5 Å². The van der Waals surface area contributed by atoms with Gasteiger partial charge in [0.1, 0.15) is 22.4 Å². The SMILES string of the molecule is CC(Nc1ccc(Cl)nc1C(=O)O)c1cc(F)cc2c(=O)cc(N3Cc4ccc(F)cc4C3)oc12. The minimum Gasteiger partial charge on any atom is -0.476 e. The second-order valence-electron chi connectivity index (χ2n) is 8.29. The third-order valence-electron chi connectivity index (χ3n) is 5.91. The molecule has 2 N–H and O–H groups in total. The fourth-order valence-corrected chi connectivity index (χ4v) is 4.41. The summed E-state index contributed by atoms with van der Waals surface area (Å²) in [6, 6.07) is 10.3. The zero-order chi connectivity index (χ0) is 24.9. The van der Waals surface area contributed by atoms with Crippen molar-refractivity contribution < 1.29 is 23.1 Å². The molecule has 2 aromatic carbocycles. The summed E-state index contributed by atoms with van der Waals surface area (Å²) in [7, 11) is 0. The first-order valence-electron chi connectivity index (χ1n) is 10.7. The Balaban J connectivity index is 1.56. The molecule has 0 saturated carbocycles. The third-order valence-corrected chi connectivity index (χ3v) is 6.12. The topological polar surface area (TPSA) is 95.7 Å². The zero-order valence-corrected chi connectivity index (χ0v) is 19.1. The van der Waals surface area contributed by atoms with E-state index in [4.69, 9.17) is 16.0 Å². The van der Waals surface area contributed by atoms with Crippen LogP contribution in [0.25, 0.3) is 11.0 Å². The van der Waals surface area contributed by atoms with E-state index in [1.807, 2.05) is 0 Å². The van der Waals surface area contributed by atoms with Gasteiger partial charge in [0.2, 0.25) is 5.88 Å². The Morgan fingerprint density at radius 1 is 1.11 bits per heavy atom. The number of benzene rings is 2. The molecule has 2 aromatic heterocycles. The van der Waals surface area contributed by atoms with Gasteiger partial charge in [0.05, 0.1) is 17.1 Å². The second-order valence-corrected chi connectivity index (χ2v) is 8.68. The lowest BCUT2D eigenvalue weighted by Gasteiger charge is -2.20. The van der Waals surface area contributed by atoms with Gasteiger partial charge in [-0.15, -0.1) is 0 Å². The van der Waals surface area contributed by atoms with Gasteiger partial charge in [0, 0.05) is 24.7 Å². The molecule has 0 radical (unpaired) electrons. The van der Waals surface area contributed by atoms with E-state index >= 15 is 0 Å². The molecule has 1 aliphatic heterocycles. The van der Waals surface area contributed by atoms with Crippen molar-refractivity contribution in [3.8, 4) is 0 Å². The van der Waals surface area contributed by atoms with Gasteiger partial charge in [0.15, 0.2) is 11.1 Å². The summed E-state index contributed by atoms with van der Waals surface area (Å²) in [5, 5.41) is 12.5. The highest BCUT2D eigenvalue weighted by molar-refractivity contribution is 6.29. The summed E-state index contributed by atoms with van der Waals surface area (Å²) in [5.41, 5.74) is 1.62. The van der Waals surface area contributed by atoms with E-state index in [1.165, 1.54) is 36.4 Å². The van der Waals surface area contributed by atoms with Crippen LogP contribution in [0.4, 0.5) is 20.4 Å². The number of carbonyl (C=O) groups is 1. The van der Waals surface area contributed by atoms with E-state index < -0.39 is 23.3 Å². The van der Waals surface area contributed by atoms with Crippen LogP contribution in [0.15, 0.2) is 57.7 Å². The molecule has 178 valence electrons. The van der Waals surface area contributed by atoms with Crippen LogP contribution in [-0.2, 0) is 13.1 Å². The van der Waals surface area contributed by atoms with E-state index in [0.29, 0.717) is 18.7 Å². The number of rotatable bonds is 5. The predicted molar refractivity (Wildman–Crippen MR) is 127 cm³/mol. The van der Waals surface area contributed by atoms with Crippen molar-refractivity contribution in [2.24, 2.45) is 0 Å². The normalized spacial score (nSPS) is 13.7. The number of fused-ring (bicyclic) bond motifs is 2. The number of aromatic carboxylic acids is 1. The number of anilines is 2. The summed E-state index contributed by atoms with van der Waals surface area (Å²) < 4.78 is 34.2. The number of hydrogen-bond acceptors (Lipinski definition) is 6. The quantitative estimate of drug-likeness (QED) is 0.351. The number of nitrogens with one attached hydrogen (secondary N) is 1. The van der Waals surface area contributed by atoms with Crippen LogP contribution in [0.5, 0.6) is 0 Å². The Morgan fingerprint density at radius 3 is 2.66 bits per heavy atom. The molecule has 7 nitrogen and oxygen atoms in total. The Morgan fingerprint density at radius 2 is 1.89 bits per heavy atom. The van der Waals surface area contributed by atoms with Crippen molar-refractivity contribution in [3.63, 3.8) is 0 Å².